The number of rotatable bonds is 9. The molecule has 6 rings (SSSR count). The number of ether oxygens (including phenoxy) is 1. The van der Waals surface area contributed by atoms with Gasteiger partial charge in [0.05, 0.1) is 34.4 Å². The van der Waals surface area contributed by atoms with Crippen LogP contribution in [0.5, 0.6) is 11.6 Å². The molecule has 2 N–H and O–H groups in total. The molecule has 3 heterocycles. The number of nitriles is 1. The van der Waals surface area contributed by atoms with Gasteiger partial charge in [0.1, 0.15) is 17.7 Å². The van der Waals surface area contributed by atoms with E-state index in [1.54, 1.807) is 73.1 Å². The number of aryl methyl sites for hydroxylation is 1. The third-order valence-corrected chi connectivity index (χ3v) is 9.27. The minimum atomic E-state index is -3.78. The number of sulfone groups is 1. The molecule has 2 aromatic heterocycles. The Morgan fingerprint density at radius 2 is 1.80 bits per heavy atom. The first-order chi connectivity index (χ1) is 22.2. The SMILES string of the molecule is Cc1ccc2c(CS(=O)(=O)Cc3ccc(C#N)cc3)c(F)ccc2c1Oc1ncccc1-c1ccnc(N[C@@H]2CNC[C@@H](F)C2)n1. The molecule has 0 spiro atoms. The molecular formula is C34H30F2N6O3S. The summed E-state index contributed by atoms with van der Waals surface area (Å²) in [5.41, 5.74) is 2.80. The second-order valence-corrected chi connectivity index (χ2v) is 13.3. The van der Waals surface area contributed by atoms with Crippen molar-refractivity contribution in [1.29, 1.82) is 5.26 Å². The fraction of sp³-hybridized carbons (Fsp3) is 0.235. The van der Waals surface area contributed by atoms with E-state index in [0.29, 0.717) is 64.4 Å². The molecule has 9 nitrogen and oxygen atoms in total. The molecule has 0 amide bonds. The van der Waals surface area contributed by atoms with Crippen molar-refractivity contribution in [3.63, 3.8) is 0 Å². The number of pyridine rings is 1. The van der Waals surface area contributed by atoms with Crippen LogP contribution < -0.4 is 15.4 Å². The molecule has 3 aromatic carbocycles. The number of fused-ring (bicyclic) bond motifs is 1. The third-order valence-electron chi connectivity index (χ3n) is 7.77. The van der Waals surface area contributed by atoms with Gasteiger partial charge in [0.25, 0.3) is 0 Å². The fourth-order valence-corrected chi connectivity index (χ4v) is 7.07. The van der Waals surface area contributed by atoms with Gasteiger partial charge in [0, 0.05) is 48.9 Å². The molecule has 12 heteroatoms. The summed E-state index contributed by atoms with van der Waals surface area (Å²) in [5.74, 6) is -0.482. The van der Waals surface area contributed by atoms with Crippen molar-refractivity contribution in [1.82, 2.24) is 20.3 Å². The van der Waals surface area contributed by atoms with Crippen LogP contribution in [-0.2, 0) is 21.3 Å². The van der Waals surface area contributed by atoms with Gasteiger partial charge >= 0.3 is 0 Å². The van der Waals surface area contributed by atoms with Gasteiger partial charge < -0.3 is 15.4 Å². The smallest absolute Gasteiger partial charge is 0.228 e. The number of piperidine rings is 1. The Labute approximate surface area is 265 Å². The molecule has 1 aliphatic heterocycles. The molecule has 0 saturated carbocycles. The second kappa shape index (κ2) is 13.2. The number of alkyl halides is 1. The van der Waals surface area contributed by atoms with Crippen LogP contribution in [0.3, 0.4) is 0 Å². The summed E-state index contributed by atoms with van der Waals surface area (Å²) in [7, 11) is -3.78. The van der Waals surface area contributed by atoms with Gasteiger partial charge in [-0.2, -0.15) is 5.26 Å². The summed E-state index contributed by atoms with van der Waals surface area (Å²) in [6, 6.07) is 19.6. The summed E-state index contributed by atoms with van der Waals surface area (Å²) in [4.78, 5) is 13.4. The average Bonchev–Trinajstić information content (AvgIpc) is 3.04. The van der Waals surface area contributed by atoms with Crippen molar-refractivity contribution in [3.05, 3.63) is 107 Å². The Morgan fingerprint density at radius 1 is 1.00 bits per heavy atom. The molecule has 46 heavy (non-hydrogen) atoms. The molecule has 0 unspecified atom stereocenters. The minimum absolute atomic E-state index is 0.0384. The predicted molar refractivity (Wildman–Crippen MR) is 171 cm³/mol. The normalized spacial score (nSPS) is 16.6. The van der Waals surface area contributed by atoms with E-state index in [1.165, 1.54) is 6.07 Å². The lowest BCUT2D eigenvalue weighted by molar-refractivity contribution is 0.254. The highest BCUT2D eigenvalue weighted by Gasteiger charge is 2.23. The molecule has 0 radical (unpaired) electrons. The first-order valence-electron chi connectivity index (χ1n) is 14.7. The lowest BCUT2D eigenvalue weighted by atomic mass is 10.0. The molecular weight excluding hydrogens is 610 g/mol. The van der Waals surface area contributed by atoms with E-state index in [9.17, 15) is 12.8 Å². The van der Waals surface area contributed by atoms with E-state index < -0.39 is 27.6 Å². The van der Waals surface area contributed by atoms with Gasteiger partial charge in [-0.25, -0.2) is 32.2 Å². The highest BCUT2D eigenvalue weighted by atomic mass is 32.2. The van der Waals surface area contributed by atoms with Crippen LogP contribution in [0.4, 0.5) is 14.7 Å². The van der Waals surface area contributed by atoms with Crippen molar-refractivity contribution < 1.29 is 21.9 Å². The minimum Gasteiger partial charge on any atom is -0.437 e. The highest BCUT2D eigenvalue weighted by Crippen LogP contribution is 2.38. The molecule has 1 aliphatic rings. The summed E-state index contributed by atoms with van der Waals surface area (Å²) in [6.45, 7) is 2.76. The zero-order valence-electron chi connectivity index (χ0n) is 24.9. The largest absolute Gasteiger partial charge is 0.437 e. The molecule has 1 saturated heterocycles. The summed E-state index contributed by atoms with van der Waals surface area (Å²) < 4.78 is 62.0. The van der Waals surface area contributed by atoms with Crippen LogP contribution >= 0.6 is 0 Å². The first-order valence-corrected chi connectivity index (χ1v) is 16.5. The maximum atomic E-state index is 15.3. The van der Waals surface area contributed by atoms with Crippen LogP contribution in [0.25, 0.3) is 22.0 Å². The molecule has 5 aromatic rings. The van der Waals surface area contributed by atoms with Crippen LogP contribution in [-0.4, -0.2) is 48.7 Å². The van der Waals surface area contributed by atoms with E-state index in [1.807, 2.05) is 13.0 Å². The summed E-state index contributed by atoms with van der Waals surface area (Å²) in [6.07, 6.45) is 2.58. The number of anilines is 1. The van der Waals surface area contributed by atoms with Gasteiger partial charge in [-0.3, -0.25) is 0 Å². The first kappa shape index (κ1) is 31.0. The molecule has 0 aliphatic carbocycles. The van der Waals surface area contributed by atoms with E-state index in [2.05, 4.69) is 25.6 Å². The third kappa shape index (κ3) is 6.96. The lowest BCUT2D eigenvalue weighted by Crippen LogP contribution is -2.44. The quantitative estimate of drug-likeness (QED) is 0.198. The number of aromatic nitrogens is 3. The van der Waals surface area contributed by atoms with E-state index in [-0.39, 0.29) is 23.2 Å². The van der Waals surface area contributed by atoms with Crippen molar-refractivity contribution >= 4 is 26.6 Å². The van der Waals surface area contributed by atoms with Crippen LogP contribution in [0.15, 0.2) is 79.1 Å². The monoisotopic (exact) mass is 640 g/mol. The van der Waals surface area contributed by atoms with E-state index in [4.69, 9.17) is 10.00 Å². The topological polar surface area (TPSA) is 130 Å². The van der Waals surface area contributed by atoms with Crippen molar-refractivity contribution in [2.75, 3.05) is 18.4 Å². The standard InChI is InChI=1S/C34H30F2N6O3S/c1-21-4-9-26-27(10-11-30(36)29(26)20-46(43,44)19-23-7-5-22(16-37)6-8-23)32(21)45-33-28(3-2-13-39-33)31-12-14-40-34(42-31)41-25-15-24(35)17-38-18-25/h2-14,24-25,38H,15,17-20H2,1H3,(H,40,41,42)/t24-,25-/m0/s1. The second-order valence-electron chi connectivity index (χ2n) is 11.2. The Kier molecular flexibility index (Phi) is 8.87. The number of hydrogen-bond donors (Lipinski definition) is 2. The summed E-state index contributed by atoms with van der Waals surface area (Å²) >= 11 is 0. The predicted octanol–water partition coefficient (Wildman–Crippen LogP) is 6.03. The van der Waals surface area contributed by atoms with Crippen molar-refractivity contribution in [2.45, 2.75) is 37.1 Å². The maximum Gasteiger partial charge on any atom is 0.228 e. The van der Waals surface area contributed by atoms with Gasteiger partial charge in [0.2, 0.25) is 11.8 Å². The molecule has 234 valence electrons. The number of hydrogen-bond acceptors (Lipinski definition) is 9. The Hall–Kier alpha value is -4.99. The molecule has 0 bridgehead atoms. The average molecular weight is 641 g/mol. The highest BCUT2D eigenvalue weighted by molar-refractivity contribution is 7.89. The Bertz CT molecular complexity index is 2050. The van der Waals surface area contributed by atoms with Gasteiger partial charge in [-0.05, 0) is 65.9 Å². The number of nitrogens with zero attached hydrogens (tertiary/aromatic N) is 4. The van der Waals surface area contributed by atoms with Crippen molar-refractivity contribution in [2.24, 2.45) is 0 Å². The van der Waals surface area contributed by atoms with Gasteiger partial charge in [-0.1, -0.05) is 24.3 Å². The molecule has 1 fully saturated rings. The Balaban J connectivity index is 1.31. The maximum absolute atomic E-state index is 15.3. The number of halogens is 2. The zero-order valence-corrected chi connectivity index (χ0v) is 25.7. The van der Waals surface area contributed by atoms with Crippen molar-refractivity contribution in [3.8, 4) is 29.0 Å². The lowest BCUT2D eigenvalue weighted by Gasteiger charge is -2.26. The van der Waals surface area contributed by atoms with E-state index in [0.717, 1.165) is 5.56 Å². The number of benzene rings is 3. The van der Waals surface area contributed by atoms with Gasteiger partial charge in [0.15, 0.2) is 9.84 Å². The van der Waals surface area contributed by atoms with Crippen LogP contribution in [0.2, 0.25) is 0 Å². The van der Waals surface area contributed by atoms with Crippen LogP contribution in [0, 0.1) is 24.1 Å². The van der Waals surface area contributed by atoms with E-state index >= 15 is 4.39 Å². The fourth-order valence-electron chi connectivity index (χ4n) is 5.53. The van der Waals surface area contributed by atoms with Gasteiger partial charge in [-0.15, -0.1) is 0 Å². The number of nitrogens with one attached hydrogen (secondary N) is 2. The Morgan fingerprint density at radius 3 is 2.59 bits per heavy atom. The molecule has 2 atom stereocenters. The zero-order chi connectivity index (χ0) is 32.3. The summed E-state index contributed by atoms with van der Waals surface area (Å²) in [5, 5.41) is 16.2. The van der Waals surface area contributed by atoms with Crippen LogP contribution in [0.1, 0.15) is 28.7 Å².